The van der Waals surface area contributed by atoms with Gasteiger partial charge in [0.05, 0.1) is 0 Å². The van der Waals surface area contributed by atoms with Crippen LogP contribution in [0.5, 0.6) is 0 Å². The van der Waals surface area contributed by atoms with Crippen LogP contribution in [0.2, 0.25) is 0 Å². The number of benzene rings is 1. The molecule has 0 amide bonds. The molecule has 3 rings (SSSR count). The van der Waals surface area contributed by atoms with Crippen molar-refractivity contribution in [1.82, 2.24) is 14.6 Å². The number of imidazole rings is 1. The van der Waals surface area contributed by atoms with E-state index >= 15 is 0 Å². The summed E-state index contributed by atoms with van der Waals surface area (Å²) >= 11 is 0. The summed E-state index contributed by atoms with van der Waals surface area (Å²) in [5, 5.41) is 1.52. The highest BCUT2D eigenvalue weighted by atomic mass is 32.2. The Morgan fingerprint density at radius 2 is 2.05 bits per heavy atom. The van der Waals surface area contributed by atoms with Crippen LogP contribution in [0.3, 0.4) is 0 Å². The van der Waals surface area contributed by atoms with Crippen LogP contribution < -0.4 is 0 Å². The number of sulfonamides is 1. The second-order valence-electron chi connectivity index (χ2n) is 4.43. The first-order valence-corrected chi connectivity index (χ1v) is 7.29. The number of hydrogen-bond acceptors (Lipinski definition) is 4. The number of hydrogen-bond donors (Lipinski definition) is 0. The van der Waals surface area contributed by atoms with Gasteiger partial charge in [-0.1, -0.05) is 30.3 Å². The van der Waals surface area contributed by atoms with Crippen molar-refractivity contribution in [2.75, 3.05) is 6.54 Å². The second-order valence-corrected chi connectivity index (χ2v) is 5.90. The second kappa shape index (κ2) is 4.44. The van der Waals surface area contributed by atoms with Crippen molar-refractivity contribution >= 4 is 10.0 Å². The maximum Gasteiger partial charge on any atom is 0.209 e. The zero-order chi connectivity index (χ0) is 13.5. The SMILES string of the molecule is Cn1ccnc1S(=O)(=O)[N-]N1CC1c1ccccc1. The lowest BCUT2D eigenvalue weighted by Crippen LogP contribution is -2.10. The Morgan fingerprint density at radius 1 is 1.32 bits per heavy atom. The highest BCUT2D eigenvalue weighted by Crippen LogP contribution is 2.39. The standard InChI is InChI=1S/C12H13N4O2S/c1-15-8-7-13-12(15)19(17,18)14-16-9-11(16)10-5-3-2-4-6-10/h2-8,11H,9H2,1H3/q-1. The van der Waals surface area contributed by atoms with Crippen LogP contribution >= 0.6 is 0 Å². The maximum absolute atomic E-state index is 12.0. The monoisotopic (exact) mass is 277 g/mol. The lowest BCUT2D eigenvalue weighted by Gasteiger charge is -2.22. The van der Waals surface area contributed by atoms with Gasteiger partial charge in [-0.05, 0) is 5.56 Å². The molecule has 1 fully saturated rings. The summed E-state index contributed by atoms with van der Waals surface area (Å²) in [6.45, 7) is 0.619. The first-order chi connectivity index (χ1) is 9.08. The lowest BCUT2D eigenvalue weighted by molar-refractivity contribution is 0.566. The van der Waals surface area contributed by atoms with Gasteiger partial charge in [-0.2, -0.15) is 0 Å². The third-order valence-electron chi connectivity index (χ3n) is 2.99. The predicted octanol–water partition coefficient (Wildman–Crippen LogP) is 1.45. The van der Waals surface area contributed by atoms with Crippen LogP contribution in [-0.2, 0) is 17.1 Å². The highest BCUT2D eigenvalue weighted by molar-refractivity contribution is 7.93. The Kier molecular flexibility index (Phi) is 2.89. The summed E-state index contributed by atoms with van der Waals surface area (Å²) in [4.78, 5) is 7.62. The van der Waals surface area contributed by atoms with Gasteiger partial charge >= 0.3 is 0 Å². The molecule has 0 spiro atoms. The van der Waals surface area contributed by atoms with E-state index in [1.807, 2.05) is 30.3 Å². The lowest BCUT2D eigenvalue weighted by atomic mass is 10.2. The molecule has 1 aliphatic heterocycles. The van der Waals surface area contributed by atoms with Crippen LogP contribution in [0.4, 0.5) is 0 Å². The molecule has 2 aromatic rings. The molecule has 0 aliphatic carbocycles. The molecule has 2 unspecified atom stereocenters. The number of nitrogens with zero attached hydrogens (tertiary/aromatic N) is 4. The largest absolute Gasteiger partial charge is 0.474 e. The average Bonchev–Trinajstić information content (AvgIpc) is 2.99. The van der Waals surface area contributed by atoms with Crippen molar-refractivity contribution < 1.29 is 8.42 Å². The molecule has 1 aromatic carbocycles. The van der Waals surface area contributed by atoms with E-state index in [9.17, 15) is 8.42 Å². The van der Waals surface area contributed by atoms with E-state index in [-0.39, 0.29) is 11.2 Å². The summed E-state index contributed by atoms with van der Waals surface area (Å²) in [5.41, 5.74) is 1.07. The van der Waals surface area contributed by atoms with Gasteiger partial charge in [0.1, 0.15) is 10.0 Å². The maximum atomic E-state index is 12.0. The van der Waals surface area contributed by atoms with Gasteiger partial charge in [-0.25, -0.2) is 13.4 Å². The fourth-order valence-corrected chi connectivity index (χ4v) is 3.10. The molecular formula is C12H13N4O2S-. The molecule has 100 valence electrons. The molecule has 2 atom stereocenters. The summed E-state index contributed by atoms with van der Waals surface area (Å²) in [5.74, 6) is 0. The Morgan fingerprint density at radius 3 is 2.68 bits per heavy atom. The van der Waals surface area contributed by atoms with Gasteiger partial charge in [-0.15, -0.1) is 0 Å². The summed E-state index contributed by atoms with van der Waals surface area (Å²) in [6, 6.07) is 9.77. The van der Waals surface area contributed by atoms with E-state index < -0.39 is 10.0 Å². The predicted molar refractivity (Wildman–Crippen MR) is 69.6 cm³/mol. The molecule has 2 heterocycles. The van der Waals surface area contributed by atoms with Crippen molar-refractivity contribution in [1.29, 1.82) is 0 Å². The Hall–Kier alpha value is -1.70. The van der Waals surface area contributed by atoms with Gasteiger partial charge in [0, 0.05) is 32.0 Å². The first kappa shape index (κ1) is 12.3. The van der Waals surface area contributed by atoms with E-state index in [2.05, 4.69) is 9.82 Å². The molecule has 0 N–H and O–H groups in total. The van der Waals surface area contributed by atoms with Crippen LogP contribution in [0.25, 0.3) is 4.83 Å². The van der Waals surface area contributed by atoms with Gasteiger partial charge in [-0.3, -0.25) is 0 Å². The topological polar surface area (TPSA) is 69.1 Å². The number of aryl methyl sites for hydroxylation is 1. The Balaban J connectivity index is 1.73. The molecule has 7 heteroatoms. The fourth-order valence-electron chi connectivity index (χ4n) is 1.95. The summed E-state index contributed by atoms with van der Waals surface area (Å²) in [7, 11) is -2.09. The van der Waals surface area contributed by atoms with E-state index in [0.29, 0.717) is 6.54 Å². The molecule has 1 aromatic heterocycles. The van der Waals surface area contributed by atoms with Gasteiger partial charge < -0.3 is 14.4 Å². The first-order valence-electron chi connectivity index (χ1n) is 5.85. The quantitative estimate of drug-likeness (QED) is 0.793. The van der Waals surface area contributed by atoms with Gasteiger partial charge in [0.15, 0.2) is 0 Å². The summed E-state index contributed by atoms with van der Waals surface area (Å²) < 4.78 is 25.5. The Bertz CT molecular complexity index is 681. The van der Waals surface area contributed by atoms with Crippen molar-refractivity contribution in [3.05, 3.63) is 53.1 Å². The molecule has 6 nitrogen and oxygen atoms in total. The van der Waals surface area contributed by atoms with Gasteiger partial charge in [0.2, 0.25) is 5.16 Å². The van der Waals surface area contributed by atoms with E-state index in [1.165, 1.54) is 10.8 Å². The van der Waals surface area contributed by atoms with Crippen LogP contribution in [0.15, 0.2) is 47.9 Å². The number of aromatic nitrogens is 2. The third kappa shape index (κ3) is 2.40. The van der Waals surface area contributed by atoms with Crippen LogP contribution in [0.1, 0.15) is 11.6 Å². The minimum absolute atomic E-state index is 0.0359. The molecule has 1 saturated heterocycles. The zero-order valence-electron chi connectivity index (χ0n) is 10.3. The van der Waals surface area contributed by atoms with E-state index in [4.69, 9.17) is 0 Å². The van der Waals surface area contributed by atoms with Gasteiger partial charge in [0.25, 0.3) is 0 Å². The third-order valence-corrected chi connectivity index (χ3v) is 4.27. The molecule has 19 heavy (non-hydrogen) atoms. The zero-order valence-corrected chi connectivity index (χ0v) is 11.2. The smallest absolute Gasteiger partial charge is 0.209 e. The Labute approximate surface area is 111 Å². The summed E-state index contributed by atoms with van der Waals surface area (Å²) in [6.07, 6.45) is 3.03. The molecule has 0 saturated carbocycles. The van der Waals surface area contributed by atoms with Crippen molar-refractivity contribution in [2.24, 2.45) is 7.05 Å². The fraction of sp³-hybridized carbons (Fsp3) is 0.250. The highest BCUT2D eigenvalue weighted by Gasteiger charge is 2.30. The van der Waals surface area contributed by atoms with E-state index in [1.54, 1.807) is 18.3 Å². The normalized spacial score (nSPS) is 22.4. The molecular weight excluding hydrogens is 264 g/mol. The van der Waals surface area contributed by atoms with Crippen LogP contribution in [-0.4, -0.2) is 29.5 Å². The van der Waals surface area contributed by atoms with E-state index in [0.717, 1.165) is 5.56 Å². The average molecular weight is 277 g/mol. The van der Waals surface area contributed by atoms with Crippen molar-refractivity contribution in [2.45, 2.75) is 11.2 Å². The molecule has 0 radical (unpaired) electrons. The number of rotatable bonds is 4. The van der Waals surface area contributed by atoms with Crippen molar-refractivity contribution in [3.63, 3.8) is 0 Å². The minimum Gasteiger partial charge on any atom is -0.474 e. The van der Waals surface area contributed by atoms with Crippen LogP contribution in [0, 0.1) is 0 Å². The molecule has 1 aliphatic rings. The molecule has 0 bridgehead atoms. The minimum atomic E-state index is -3.72. The van der Waals surface area contributed by atoms with Crippen molar-refractivity contribution in [3.8, 4) is 0 Å².